The molecular weight excluding hydrogens is 391 g/mol. The Hall–Kier alpha value is -1.97. The largest absolute Gasteiger partial charge is 0.378 e. The van der Waals surface area contributed by atoms with Crippen molar-refractivity contribution >= 4 is 34.8 Å². The Kier molecular flexibility index (Phi) is 4.93. The number of halogens is 2. The maximum atomic E-state index is 12.6. The van der Waals surface area contributed by atoms with Crippen LogP contribution in [0.4, 0.5) is 5.69 Å². The van der Waals surface area contributed by atoms with E-state index in [0.717, 1.165) is 17.7 Å². The van der Waals surface area contributed by atoms with Gasteiger partial charge >= 0.3 is 0 Å². The van der Waals surface area contributed by atoms with Crippen LogP contribution in [0.25, 0.3) is 0 Å². The van der Waals surface area contributed by atoms with E-state index in [2.05, 4.69) is 22.8 Å². The molecule has 0 saturated carbocycles. The molecule has 146 valence electrons. The first-order valence-electron chi connectivity index (χ1n) is 9.57. The van der Waals surface area contributed by atoms with Crippen molar-refractivity contribution in [2.75, 3.05) is 5.32 Å². The summed E-state index contributed by atoms with van der Waals surface area (Å²) in [6, 6.07) is 11.7. The van der Waals surface area contributed by atoms with Crippen LogP contribution < -0.4 is 10.6 Å². The number of anilines is 1. The molecule has 1 aliphatic carbocycles. The normalized spacial score (nSPS) is 23.0. The summed E-state index contributed by atoms with van der Waals surface area (Å²) >= 11 is 12.6. The number of nitrogens with one attached hydrogen (secondary N) is 2. The van der Waals surface area contributed by atoms with Crippen molar-refractivity contribution in [1.29, 1.82) is 0 Å². The Morgan fingerprint density at radius 1 is 1.11 bits per heavy atom. The first-order chi connectivity index (χ1) is 13.2. The van der Waals surface area contributed by atoms with E-state index in [1.165, 1.54) is 5.56 Å². The van der Waals surface area contributed by atoms with E-state index < -0.39 is 0 Å². The minimum absolute atomic E-state index is 0.0447. The molecule has 0 aromatic heterocycles. The van der Waals surface area contributed by atoms with E-state index >= 15 is 0 Å². The number of hydrogen-bond acceptors (Lipinski definition) is 2. The molecule has 2 aromatic carbocycles. The van der Waals surface area contributed by atoms with Gasteiger partial charge in [0.25, 0.3) is 5.91 Å². The molecule has 2 N–H and O–H groups in total. The number of hydrogen-bond donors (Lipinski definition) is 2. The van der Waals surface area contributed by atoms with Crippen LogP contribution in [0.5, 0.6) is 0 Å². The molecule has 1 heterocycles. The SMILES string of the molecule is CC(C)(C)NC(=O)c1ccc2c(c1)C1C=CCC1C(c1ccc(Cl)cc1Cl)N2. The lowest BCUT2D eigenvalue weighted by atomic mass is 9.76. The van der Waals surface area contributed by atoms with Gasteiger partial charge in [-0.25, -0.2) is 0 Å². The third-order valence-corrected chi connectivity index (χ3v) is 5.97. The van der Waals surface area contributed by atoms with Crippen LogP contribution in [-0.4, -0.2) is 11.4 Å². The lowest BCUT2D eigenvalue weighted by Gasteiger charge is -2.38. The highest BCUT2D eigenvalue weighted by Gasteiger charge is 2.39. The van der Waals surface area contributed by atoms with Crippen LogP contribution in [0.1, 0.15) is 60.6 Å². The highest BCUT2D eigenvalue weighted by Crippen LogP contribution is 2.51. The van der Waals surface area contributed by atoms with Gasteiger partial charge in [0.2, 0.25) is 0 Å². The molecule has 3 unspecified atom stereocenters. The number of benzene rings is 2. The summed E-state index contributed by atoms with van der Waals surface area (Å²) in [7, 11) is 0. The van der Waals surface area contributed by atoms with E-state index in [-0.39, 0.29) is 23.4 Å². The fraction of sp³-hybridized carbons (Fsp3) is 0.348. The quantitative estimate of drug-likeness (QED) is 0.562. The molecule has 0 spiro atoms. The average molecular weight is 415 g/mol. The summed E-state index contributed by atoms with van der Waals surface area (Å²) in [6.07, 6.45) is 5.45. The monoisotopic (exact) mass is 414 g/mol. The fourth-order valence-electron chi connectivity index (χ4n) is 4.21. The van der Waals surface area contributed by atoms with E-state index in [9.17, 15) is 4.79 Å². The fourth-order valence-corrected chi connectivity index (χ4v) is 4.74. The smallest absolute Gasteiger partial charge is 0.251 e. The summed E-state index contributed by atoms with van der Waals surface area (Å²) in [5, 5.41) is 8.02. The van der Waals surface area contributed by atoms with Gasteiger partial charge in [-0.1, -0.05) is 41.4 Å². The van der Waals surface area contributed by atoms with E-state index in [0.29, 0.717) is 21.5 Å². The molecule has 3 atom stereocenters. The maximum Gasteiger partial charge on any atom is 0.251 e. The van der Waals surface area contributed by atoms with Gasteiger partial charge in [-0.15, -0.1) is 0 Å². The summed E-state index contributed by atoms with van der Waals surface area (Å²) in [4.78, 5) is 12.6. The van der Waals surface area contributed by atoms with Crippen molar-refractivity contribution in [1.82, 2.24) is 5.32 Å². The van der Waals surface area contributed by atoms with E-state index in [4.69, 9.17) is 23.2 Å². The number of fused-ring (bicyclic) bond motifs is 3. The van der Waals surface area contributed by atoms with Crippen LogP contribution in [0.15, 0.2) is 48.6 Å². The van der Waals surface area contributed by atoms with Gasteiger partial charge in [0.15, 0.2) is 0 Å². The van der Waals surface area contributed by atoms with Crippen molar-refractivity contribution in [3.8, 4) is 0 Å². The van der Waals surface area contributed by atoms with Crippen LogP contribution in [0, 0.1) is 5.92 Å². The average Bonchev–Trinajstić information content (AvgIpc) is 3.09. The minimum Gasteiger partial charge on any atom is -0.378 e. The molecule has 0 fully saturated rings. The summed E-state index contributed by atoms with van der Waals surface area (Å²) < 4.78 is 0. The molecular formula is C23H24Cl2N2O. The van der Waals surface area contributed by atoms with Crippen molar-refractivity contribution in [2.24, 2.45) is 5.92 Å². The second kappa shape index (κ2) is 7.13. The first kappa shape index (κ1) is 19.4. The molecule has 0 saturated heterocycles. The predicted octanol–water partition coefficient (Wildman–Crippen LogP) is 6.35. The topological polar surface area (TPSA) is 41.1 Å². The third kappa shape index (κ3) is 3.66. The number of amides is 1. The van der Waals surface area contributed by atoms with E-state index in [1.807, 2.05) is 51.1 Å². The van der Waals surface area contributed by atoms with Crippen LogP contribution in [0.2, 0.25) is 10.0 Å². The molecule has 2 aliphatic rings. The van der Waals surface area contributed by atoms with E-state index in [1.54, 1.807) is 6.07 Å². The standard InChI is InChI=1S/C23H24Cl2N2O/c1-23(2,3)27-22(28)13-7-10-20-18(11-13)15-5-4-6-16(15)21(26-20)17-9-8-14(24)12-19(17)25/h4-5,7-12,15-16,21,26H,6H2,1-3H3,(H,27,28). The lowest BCUT2D eigenvalue weighted by Crippen LogP contribution is -2.40. The Morgan fingerprint density at radius 3 is 2.61 bits per heavy atom. The highest BCUT2D eigenvalue weighted by atomic mass is 35.5. The summed E-state index contributed by atoms with van der Waals surface area (Å²) in [5.74, 6) is 0.569. The van der Waals surface area contributed by atoms with Gasteiger partial charge in [0, 0.05) is 32.8 Å². The van der Waals surface area contributed by atoms with Crippen molar-refractivity contribution in [2.45, 2.75) is 44.7 Å². The molecule has 28 heavy (non-hydrogen) atoms. The number of carbonyl (C=O) groups is 1. The van der Waals surface area contributed by atoms with Gasteiger partial charge in [-0.2, -0.15) is 0 Å². The molecule has 0 bridgehead atoms. The Labute approximate surface area is 176 Å². The third-order valence-electron chi connectivity index (χ3n) is 5.41. The van der Waals surface area contributed by atoms with Gasteiger partial charge in [-0.3, -0.25) is 4.79 Å². The Balaban J connectivity index is 1.70. The first-order valence-corrected chi connectivity index (χ1v) is 10.3. The minimum atomic E-state index is -0.266. The molecule has 2 aromatic rings. The highest BCUT2D eigenvalue weighted by molar-refractivity contribution is 6.35. The van der Waals surface area contributed by atoms with Gasteiger partial charge in [0.05, 0.1) is 6.04 Å². The molecule has 3 nitrogen and oxygen atoms in total. The molecule has 0 radical (unpaired) electrons. The van der Waals surface area contributed by atoms with Gasteiger partial charge < -0.3 is 10.6 Å². The summed E-state index contributed by atoms with van der Waals surface area (Å²) in [5.41, 5.74) is 3.71. The zero-order valence-electron chi connectivity index (χ0n) is 16.2. The molecule has 5 heteroatoms. The van der Waals surface area contributed by atoms with Gasteiger partial charge in [-0.05, 0) is 74.6 Å². The molecule has 4 rings (SSSR count). The second-order valence-electron chi connectivity index (χ2n) is 8.65. The van der Waals surface area contributed by atoms with Crippen LogP contribution >= 0.6 is 23.2 Å². The number of carbonyl (C=O) groups excluding carboxylic acids is 1. The zero-order chi connectivity index (χ0) is 20.1. The molecule has 1 aliphatic heterocycles. The van der Waals surface area contributed by atoms with Crippen molar-refractivity contribution in [3.63, 3.8) is 0 Å². The lowest BCUT2D eigenvalue weighted by molar-refractivity contribution is 0.0919. The van der Waals surface area contributed by atoms with Crippen LogP contribution in [0.3, 0.4) is 0 Å². The summed E-state index contributed by atoms with van der Waals surface area (Å²) in [6.45, 7) is 5.96. The maximum absolute atomic E-state index is 12.6. The Bertz CT molecular complexity index is 962. The Morgan fingerprint density at radius 2 is 1.89 bits per heavy atom. The van der Waals surface area contributed by atoms with Gasteiger partial charge in [0.1, 0.15) is 0 Å². The second-order valence-corrected chi connectivity index (χ2v) is 9.49. The zero-order valence-corrected chi connectivity index (χ0v) is 17.7. The number of rotatable bonds is 2. The van der Waals surface area contributed by atoms with Crippen LogP contribution in [-0.2, 0) is 0 Å². The number of allylic oxidation sites excluding steroid dienone is 2. The molecule has 1 amide bonds. The van der Waals surface area contributed by atoms with Crippen molar-refractivity contribution in [3.05, 3.63) is 75.3 Å². The predicted molar refractivity (Wildman–Crippen MR) is 116 cm³/mol. The van der Waals surface area contributed by atoms with Crippen molar-refractivity contribution < 1.29 is 4.79 Å².